The quantitative estimate of drug-likeness (QED) is 0.760. The van der Waals surface area contributed by atoms with Crippen molar-refractivity contribution >= 4 is 11.0 Å². The van der Waals surface area contributed by atoms with Crippen LogP contribution in [0.15, 0.2) is 34.9 Å². The third-order valence-corrected chi connectivity index (χ3v) is 2.10. The summed E-state index contributed by atoms with van der Waals surface area (Å²) >= 11 is 0. The van der Waals surface area contributed by atoms with E-state index in [1.54, 1.807) is 6.26 Å². The molecule has 2 rings (SSSR count). The molecule has 0 fully saturated rings. The van der Waals surface area contributed by atoms with Gasteiger partial charge in [0.05, 0.1) is 6.26 Å². The van der Waals surface area contributed by atoms with E-state index in [2.05, 4.69) is 6.07 Å². The molecular formula is C11H13NO. The molecule has 0 bridgehead atoms. The SMILES string of the molecule is CC(N)Cc1cccc2ccoc12. The molecule has 0 saturated heterocycles. The average molecular weight is 175 g/mol. The third kappa shape index (κ3) is 1.58. The number of fused-ring (bicyclic) bond motifs is 1. The van der Waals surface area contributed by atoms with Gasteiger partial charge in [0.1, 0.15) is 5.58 Å². The van der Waals surface area contributed by atoms with Crippen LogP contribution in [0.1, 0.15) is 12.5 Å². The lowest BCUT2D eigenvalue weighted by atomic mass is 10.1. The molecule has 0 aliphatic carbocycles. The van der Waals surface area contributed by atoms with Crippen LogP contribution in [-0.4, -0.2) is 6.04 Å². The molecule has 2 heteroatoms. The second kappa shape index (κ2) is 3.23. The predicted molar refractivity (Wildman–Crippen MR) is 53.6 cm³/mol. The van der Waals surface area contributed by atoms with E-state index in [-0.39, 0.29) is 6.04 Å². The van der Waals surface area contributed by atoms with Crippen LogP contribution in [0.5, 0.6) is 0 Å². The van der Waals surface area contributed by atoms with E-state index in [0.717, 1.165) is 17.4 Å². The fraction of sp³-hybridized carbons (Fsp3) is 0.273. The van der Waals surface area contributed by atoms with E-state index in [0.29, 0.717) is 0 Å². The molecule has 0 aliphatic rings. The highest BCUT2D eigenvalue weighted by Gasteiger charge is 2.05. The normalized spacial score (nSPS) is 13.4. The Morgan fingerprint density at radius 3 is 3.00 bits per heavy atom. The number of hydrogen-bond acceptors (Lipinski definition) is 2. The maximum absolute atomic E-state index is 5.74. The maximum atomic E-state index is 5.74. The molecule has 0 aliphatic heterocycles. The first-order valence-electron chi connectivity index (χ1n) is 4.48. The van der Waals surface area contributed by atoms with Crippen molar-refractivity contribution in [3.63, 3.8) is 0 Å². The zero-order valence-electron chi connectivity index (χ0n) is 7.66. The highest BCUT2D eigenvalue weighted by atomic mass is 16.3. The Morgan fingerprint density at radius 2 is 2.23 bits per heavy atom. The lowest BCUT2D eigenvalue weighted by Gasteiger charge is -2.04. The molecule has 2 N–H and O–H groups in total. The van der Waals surface area contributed by atoms with Gasteiger partial charge in [0.2, 0.25) is 0 Å². The number of furan rings is 1. The van der Waals surface area contributed by atoms with Gasteiger partial charge in [0.15, 0.2) is 0 Å². The first kappa shape index (κ1) is 8.32. The molecule has 1 unspecified atom stereocenters. The summed E-state index contributed by atoms with van der Waals surface area (Å²) < 4.78 is 5.39. The van der Waals surface area contributed by atoms with Crippen LogP contribution >= 0.6 is 0 Å². The van der Waals surface area contributed by atoms with Gasteiger partial charge in [-0.15, -0.1) is 0 Å². The molecule has 1 aromatic heterocycles. The number of rotatable bonds is 2. The van der Waals surface area contributed by atoms with E-state index in [1.807, 2.05) is 25.1 Å². The Morgan fingerprint density at radius 1 is 1.38 bits per heavy atom. The van der Waals surface area contributed by atoms with E-state index >= 15 is 0 Å². The second-order valence-corrected chi connectivity index (χ2v) is 3.44. The molecule has 1 atom stereocenters. The molecule has 2 nitrogen and oxygen atoms in total. The van der Waals surface area contributed by atoms with Crippen LogP contribution in [0.25, 0.3) is 11.0 Å². The van der Waals surface area contributed by atoms with Crippen molar-refractivity contribution in [2.45, 2.75) is 19.4 Å². The first-order chi connectivity index (χ1) is 6.27. The first-order valence-corrected chi connectivity index (χ1v) is 4.48. The smallest absolute Gasteiger partial charge is 0.137 e. The number of benzene rings is 1. The Bertz CT molecular complexity index is 403. The second-order valence-electron chi connectivity index (χ2n) is 3.44. The minimum Gasteiger partial charge on any atom is -0.464 e. The van der Waals surface area contributed by atoms with Crippen molar-refractivity contribution < 1.29 is 4.42 Å². The van der Waals surface area contributed by atoms with Crippen molar-refractivity contribution in [3.05, 3.63) is 36.1 Å². The van der Waals surface area contributed by atoms with Gasteiger partial charge in [0.25, 0.3) is 0 Å². The summed E-state index contributed by atoms with van der Waals surface area (Å²) in [7, 11) is 0. The van der Waals surface area contributed by atoms with Crippen LogP contribution in [-0.2, 0) is 6.42 Å². The van der Waals surface area contributed by atoms with Crippen LogP contribution in [0, 0.1) is 0 Å². The number of hydrogen-bond donors (Lipinski definition) is 1. The molecule has 13 heavy (non-hydrogen) atoms. The minimum absolute atomic E-state index is 0.177. The topological polar surface area (TPSA) is 39.2 Å². The summed E-state index contributed by atoms with van der Waals surface area (Å²) in [6, 6.07) is 8.30. The Kier molecular flexibility index (Phi) is 2.07. The van der Waals surface area contributed by atoms with Gasteiger partial charge < -0.3 is 10.2 Å². The van der Waals surface area contributed by atoms with Crippen molar-refractivity contribution in [1.82, 2.24) is 0 Å². The zero-order chi connectivity index (χ0) is 9.26. The summed E-state index contributed by atoms with van der Waals surface area (Å²) in [6.45, 7) is 2.00. The molecule has 0 radical (unpaired) electrons. The van der Waals surface area contributed by atoms with Crippen molar-refractivity contribution in [3.8, 4) is 0 Å². The molecule has 68 valence electrons. The Balaban J connectivity index is 2.48. The fourth-order valence-corrected chi connectivity index (χ4v) is 1.56. The predicted octanol–water partition coefficient (Wildman–Crippen LogP) is 2.32. The average Bonchev–Trinajstić information content (AvgIpc) is 2.51. The summed E-state index contributed by atoms with van der Waals surface area (Å²) in [4.78, 5) is 0. The molecule has 0 saturated carbocycles. The monoisotopic (exact) mass is 175 g/mol. The van der Waals surface area contributed by atoms with E-state index in [1.165, 1.54) is 5.56 Å². The third-order valence-electron chi connectivity index (χ3n) is 2.10. The highest BCUT2D eigenvalue weighted by molar-refractivity contribution is 5.80. The van der Waals surface area contributed by atoms with Gasteiger partial charge in [-0.3, -0.25) is 0 Å². The van der Waals surface area contributed by atoms with Crippen molar-refractivity contribution in [1.29, 1.82) is 0 Å². The summed E-state index contributed by atoms with van der Waals surface area (Å²) in [6.07, 6.45) is 2.58. The Hall–Kier alpha value is -1.28. The van der Waals surface area contributed by atoms with Gasteiger partial charge in [-0.25, -0.2) is 0 Å². The van der Waals surface area contributed by atoms with Crippen molar-refractivity contribution in [2.24, 2.45) is 5.73 Å². The minimum atomic E-state index is 0.177. The van der Waals surface area contributed by atoms with Gasteiger partial charge in [-0.05, 0) is 25.0 Å². The maximum Gasteiger partial charge on any atom is 0.137 e. The van der Waals surface area contributed by atoms with Crippen molar-refractivity contribution in [2.75, 3.05) is 0 Å². The molecule has 0 amide bonds. The Labute approximate surface area is 77.3 Å². The largest absolute Gasteiger partial charge is 0.464 e. The van der Waals surface area contributed by atoms with E-state index in [4.69, 9.17) is 10.2 Å². The highest BCUT2D eigenvalue weighted by Crippen LogP contribution is 2.20. The summed E-state index contributed by atoms with van der Waals surface area (Å²) in [5.41, 5.74) is 7.91. The number of para-hydroxylation sites is 1. The molecule has 1 aromatic carbocycles. The number of nitrogens with two attached hydrogens (primary N) is 1. The summed E-state index contributed by atoms with van der Waals surface area (Å²) in [5.74, 6) is 0. The zero-order valence-corrected chi connectivity index (χ0v) is 7.66. The van der Waals surface area contributed by atoms with Crippen LogP contribution in [0.3, 0.4) is 0 Å². The van der Waals surface area contributed by atoms with Crippen LogP contribution in [0.4, 0.5) is 0 Å². The van der Waals surface area contributed by atoms with Crippen LogP contribution < -0.4 is 5.73 Å². The molecule has 0 spiro atoms. The van der Waals surface area contributed by atoms with E-state index < -0.39 is 0 Å². The fourth-order valence-electron chi connectivity index (χ4n) is 1.56. The van der Waals surface area contributed by atoms with Gasteiger partial charge in [-0.2, -0.15) is 0 Å². The molecular weight excluding hydrogens is 162 g/mol. The lowest BCUT2D eigenvalue weighted by molar-refractivity contribution is 0.606. The van der Waals surface area contributed by atoms with E-state index in [9.17, 15) is 0 Å². The lowest BCUT2D eigenvalue weighted by Crippen LogP contribution is -2.17. The standard InChI is InChI=1S/C11H13NO/c1-8(12)7-10-4-2-3-9-5-6-13-11(9)10/h2-6,8H,7,12H2,1H3. The summed E-state index contributed by atoms with van der Waals surface area (Å²) in [5, 5.41) is 1.15. The van der Waals surface area contributed by atoms with Gasteiger partial charge in [-0.1, -0.05) is 18.2 Å². The molecule has 1 heterocycles. The van der Waals surface area contributed by atoms with Gasteiger partial charge in [0, 0.05) is 11.4 Å². The van der Waals surface area contributed by atoms with Gasteiger partial charge >= 0.3 is 0 Å². The molecule has 2 aromatic rings. The van der Waals surface area contributed by atoms with Crippen LogP contribution in [0.2, 0.25) is 0 Å².